The van der Waals surface area contributed by atoms with Crippen molar-refractivity contribution in [2.45, 2.75) is 25.0 Å². The molecule has 0 spiro atoms. The number of amides is 1. The third-order valence-corrected chi connectivity index (χ3v) is 4.67. The zero-order valence-electron chi connectivity index (χ0n) is 14.7. The van der Waals surface area contributed by atoms with E-state index in [2.05, 4.69) is 5.32 Å². The second-order valence-electron chi connectivity index (χ2n) is 5.50. The normalized spacial score (nSPS) is 11.2. The van der Waals surface area contributed by atoms with Crippen LogP contribution in [0.3, 0.4) is 0 Å². The van der Waals surface area contributed by atoms with Crippen LogP contribution in [0.2, 0.25) is 0 Å². The number of benzene rings is 2. The van der Waals surface area contributed by atoms with E-state index in [9.17, 15) is 13.2 Å². The number of sulfonamides is 1. The molecule has 8 heteroatoms. The Morgan fingerprint density at radius 1 is 1.15 bits per heavy atom. The van der Waals surface area contributed by atoms with Crippen LogP contribution in [-0.4, -0.2) is 28.0 Å². The summed E-state index contributed by atoms with van der Waals surface area (Å²) in [5.74, 6) is -0.198. The molecule has 0 radical (unpaired) electrons. The summed E-state index contributed by atoms with van der Waals surface area (Å²) < 4.78 is 33.6. The molecule has 26 heavy (non-hydrogen) atoms. The van der Waals surface area contributed by atoms with Crippen molar-refractivity contribution in [1.29, 1.82) is 0 Å². The van der Waals surface area contributed by atoms with Crippen molar-refractivity contribution >= 4 is 15.9 Å². The van der Waals surface area contributed by atoms with Crippen molar-refractivity contribution in [2.75, 3.05) is 13.7 Å². The van der Waals surface area contributed by atoms with Crippen LogP contribution in [0.25, 0.3) is 0 Å². The average molecular weight is 378 g/mol. The molecule has 1 amide bonds. The number of carbonyl (C=O) groups excluding carboxylic acids is 1. The van der Waals surface area contributed by atoms with E-state index in [0.29, 0.717) is 13.2 Å². The quantitative estimate of drug-likeness (QED) is 0.728. The van der Waals surface area contributed by atoms with Crippen LogP contribution in [0, 0.1) is 0 Å². The Kier molecular flexibility index (Phi) is 6.73. The topological polar surface area (TPSA) is 108 Å². The molecule has 7 nitrogen and oxygen atoms in total. The highest BCUT2D eigenvalue weighted by Crippen LogP contribution is 2.22. The lowest BCUT2D eigenvalue weighted by Gasteiger charge is -2.13. The van der Waals surface area contributed by atoms with Gasteiger partial charge in [0.25, 0.3) is 5.91 Å². The van der Waals surface area contributed by atoms with Crippen LogP contribution in [0.15, 0.2) is 47.4 Å². The molecule has 3 N–H and O–H groups in total. The van der Waals surface area contributed by atoms with Crippen molar-refractivity contribution < 1.29 is 22.7 Å². The number of nitrogens with two attached hydrogens (primary N) is 1. The standard InChI is InChI=1S/C18H22N2O5S/c1-3-25-12-14-7-5-4-6-13(14)11-20-18(21)16-10-15(26(19,22)23)8-9-17(16)24-2/h4-10H,3,11-12H2,1-2H3,(H,20,21)(H2,19,22,23). The molecule has 0 atom stereocenters. The van der Waals surface area contributed by atoms with Gasteiger partial charge in [-0.05, 0) is 36.2 Å². The number of rotatable bonds is 8. The number of hydrogen-bond donors (Lipinski definition) is 2. The summed E-state index contributed by atoms with van der Waals surface area (Å²) in [6.07, 6.45) is 0. The Morgan fingerprint density at radius 2 is 1.85 bits per heavy atom. The highest BCUT2D eigenvalue weighted by Gasteiger charge is 2.17. The van der Waals surface area contributed by atoms with Crippen LogP contribution in [0.1, 0.15) is 28.4 Å². The molecule has 2 aromatic rings. The van der Waals surface area contributed by atoms with E-state index in [4.69, 9.17) is 14.6 Å². The Morgan fingerprint density at radius 3 is 2.46 bits per heavy atom. The summed E-state index contributed by atoms with van der Waals surface area (Å²) in [6.45, 7) is 3.23. The van der Waals surface area contributed by atoms with E-state index in [0.717, 1.165) is 11.1 Å². The summed E-state index contributed by atoms with van der Waals surface area (Å²) in [6, 6.07) is 11.5. The van der Waals surface area contributed by atoms with Gasteiger partial charge in [-0.1, -0.05) is 24.3 Å². The van der Waals surface area contributed by atoms with Gasteiger partial charge in [0.15, 0.2) is 0 Å². The van der Waals surface area contributed by atoms with Crippen LogP contribution in [0.5, 0.6) is 5.75 Å². The minimum atomic E-state index is -3.92. The molecule has 0 unspecified atom stereocenters. The largest absolute Gasteiger partial charge is 0.496 e. The lowest BCUT2D eigenvalue weighted by atomic mass is 10.1. The van der Waals surface area contributed by atoms with E-state index < -0.39 is 15.9 Å². The van der Waals surface area contributed by atoms with E-state index >= 15 is 0 Å². The third-order valence-electron chi connectivity index (χ3n) is 3.76. The number of primary sulfonamides is 1. The van der Waals surface area contributed by atoms with Gasteiger partial charge in [0.1, 0.15) is 5.75 Å². The molecule has 2 aromatic carbocycles. The summed E-state index contributed by atoms with van der Waals surface area (Å²) >= 11 is 0. The molecule has 0 saturated heterocycles. The maximum Gasteiger partial charge on any atom is 0.255 e. The lowest BCUT2D eigenvalue weighted by molar-refractivity contribution is 0.0946. The van der Waals surface area contributed by atoms with Gasteiger partial charge in [-0.25, -0.2) is 13.6 Å². The number of nitrogens with one attached hydrogen (secondary N) is 1. The molecule has 0 aromatic heterocycles. The number of carbonyl (C=O) groups is 1. The van der Waals surface area contributed by atoms with Gasteiger partial charge in [0.2, 0.25) is 10.0 Å². The minimum Gasteiger partial charge on any atom is -0.496 e. The summed E-state index contributed by atoms with van der Waals surface area (Å²) in [5.41, 5.74) is 1.98. The molecule has 140 valence electrons. The molecular formula is C18H22N2O5S. The molecule has 2 rings (SSSR count). The first-order valence-electron chi connectivity index (χ1n) is 8.00. The number of ether oxygens (including phenoxy) is 2. The Hall–Kier alpha value is -2.42. The maximum absolute atomic E-state index is 12.5. The van der Waals surface area contributed by atoms with Gasteiger partial charge < -0.3 is 14.8 Å². The third kappa shape index (κ3) is 5.04. The first-order chi connectivity index (χ1) is 12.4. The summed E-state index contributed by atoms with van der Waals surface area (Å²) in [4.78, 5) is 12.4. The fourth-order valence-electron chi connectivity index (χ4n) is 2.40. The molecule has 0 heterocycles. The summed E-state index contributed by atoms with van der Waals surface area (Å²) in [7, 11) is -2.52. The Bertz CT molecular complexity index is 881. The van der Waals surface area contributed by atoms with Gasteiger partial charge in [-0.2, -0.15) is 0 Å². The van der Waals surface area contributed by atoms with Crippen molar-refractivity contribution in [3.05, 3.63) is 59.2 Å². The van der Waals surface area contributed by atoms with E-state index in [1.54, 1.807) is 0 Å². The maximum atomic E-state index is 12.5. The highest BCUT2D eigenvalue weighted by molar-refractivity contribution is 7.89. The SMILES string of the molecule is CCOCc1ccccc1CNC(=O)c1cc(S(N)(=O)=O)ccc1OC. The monoisotopic (exact) mass is 378 g/mol. The highest BCUT2D eigenvalue weighted by atomic mass is 32.2. The fourth-order valence-corrected chi connectivity index (χ4v) is 2.93. The second-order valence-corrected chi connectivity index (χ2v) is 7.06. The smallest absolute Gasteiger partial charge is 0.255 e. The first kappa shape index (κ1) is 19.9. The molecule has 0 aliphatic carbocycles. The van der Waals surface area contributed by atoms with Gasteiger partial charge in [-0.3, -0.25) is 4.79 Å². The minimum absolute atomic E-state index is 0.0984. The predicted molar refractivity (Wildman–Crippen MR) is 97.3 cm³/mol. The van der Waals surface area contributed by atoms with Gasteiger partial charge in [-0.15, -0.1) is 0 Å². The van der Waals surface area contributed by atoms with E-state index in [1.165, 1.54) is 25.3 Å². The van der Waals surface area contributed by atoms with Gasteiger partial charge in [0.05, 0.1) is 24.2 Å². The van der Waals surface area contributed by atoms with Crippen LogP contribution < -0.4 is 15.2 Å². The van der Waals surface area contributed by atoms with Crippen LogP contribution >= 0.6 is 0 Å². The van der Waals surface area contributed by atoms with Gasteiger partial charge in [0, 0.05) is 13.2 Å². The zero-order valence-corrected chi connectivity index (χ0v) is 15.5. The van der Waals surface area contributed by atoms with E-state index in [-0.39, 0.29) is 22.8 Å². The van der Waals surface area contributed by atoms with Gasteiger partial charge >= 0.3 is 0 Å². The molecule has 0 saturated carbocycles. The molecule has 0 aliphatic rings. The molecule has 0 aliphatic heterocycles. The number of methoxy groups -OCH3 is 1. The molecular weight excluding hydrogens is 356 g/mol. The predicted octanol–water partition coefficient (Wildman–Crippen LogP) is 1.81. The lowest BCUT2D eigenvalue weighted by Crippen LogP contribution is -2.24. The average Bonchev–Trinajstić information content (AvgIpc) is 2.63. The van der Waals surface area contributed by atoms with E-state index in [1.807, 2.05) is 31.2 Å². The van der Waals surface area contributed by atoms with Crippen molar-refractivity contribution in [3.8, 4) is 5.75 Å². The molecule has 0 bridgehead atoms. The zero-order chi connectivity index (χ0) is 19.2. The number of hydrogen-bond acceptors (Lipinski definition) is 5. The summed E-state index contributed by atoms with van der Waals surface area (Å²) in [5, 5.41) is 7.91. The van der Waals surface area contributed by atoms with Crippen LogP contribution in [-0.2, 0) is 27.9 Å². The Balaban J connectivity index is 2.21. The van der Waals surface area contributed by atoms with Crippen molar-refractivity contribution in [2.24, 2.45) is 5.14 Å². The first-order valence-corrected chi connectivity index (χ1v) is 9.55. The van der Waals surface area contributed by atoms with Crippen molar-refractivity contribution in [3.63, 3.8) is 0 Å². The van der Waals surface area contributed by atoms with Crippen LogP contribution in [0.4, 0.5) is 0 Å². The van der Waals surface area contributed by atoms with Crippen molar-refractivity contribution in [1.82, 2.24) is 5.32 Å². The Labute approximate surface area is 153 Å². The fraction of sp³-hybridized carbons (Fsp3) is 0.278. The molecule has 0 fully saturated rings. The second kappa shape index (κ2) is 8.79.